The normalized spacial score (nSPS) is 20.4. The number of anilines is 6. The molecule has 23 rings (SSSR count). The van der Waals surface area contributed by atoms with Crippen molar-refractivity contribution in [2.24, 2.45) is 0 Å². The number of aromatic nitrogens is 2. The number of para-hydroxylation sites is 2. The van der Waals surface area contributed by atoms with Crippen molar-refractivity contribution in [2.75, 3.05) is 9.80 Å². The third kappa shape index (κ3) is 9.08. The van der Waals surface area contributed by atoms with Crippen molar-refractivity contribution in [1.29, 1.82) is 0 Å². The first-order valence-electron chi connectivity index (χ1n) is 42.7. The van der Waals surface area contributed by atoms with Crippen molar-refractivity contribution >= 4 is 102 Å². The summed E-state index contributed by atoms with van der Waals surface area (Å²) in [6.07, 6.45) is 6.44. The van der Waals surface area contributed by atoms with Crippen molar-refractivity contribution in [3.05, 3.63) is 273 Å². The van der Waals surface area contributed by atoms with E-state index in [2.05, 4.69) is 365 Å². The lowest BCUT2D eigenvalue weighted by molar-refractivity contribution is 0.276. The first-order valence-corrected chi connectivity index (χ1v) is 42.7. The van der Waals surface area contributed by atoms with Crippen LogP contribution in [-0.2, 0) is 54.1 Å². The molecule has 8 heterocycles. The van der Waals surface area contributed by atoms with Gasteiger partial charge in [-0.15, -0.1) is 0 Å². The van der Waals surface area contributed by atoms with Crippen LogP contribution < -0.4 is 42.6 Å². The zero-order chi connectivity index (χ0) is 78.4. The summed E-state index contributed by atoms with van der Waals surface area (Å²) in [6.45, 7) is 52.0. The minimum Gasteiger partial charge on any atom is -0.311 e. The Morgan fingerprint density at radius 1 is 0.327 bits per heavy atom. The largest absolute Gasteiger partial charge is 0.311 e. The summed E-state index contributed by atoms with van der Waals surface area (Å²) in [5.41, 5.74) is 46.7. The number of hydrogen-bond acceptors (Lipinski definition) is 2. The maximum absolute atomic E-state index is 2.85. The predicted molar refractivity (Wildman–Crippen MR) is 482 cm³/mol. The van der Waals surface area contributed by atoms with Gasteiger partial charge in [-0.3, -0.25) is 0 Å². The summed E-state index contributed by atoms with van der Waals surface area (Å²) in [4.78, 5) is 5.56. The number of benzene rings is 11. The van der Waals surface area contributed by atoms with E-state index in [0.717, 1.165) is 32.1 Å². The SMILES string of the molecule is CC(C)(C)c1ccc2c(c1)-c1ccc(cc1)C(C)(CCC1(C)CCC(C)(C)c3cc4c(cc31)B1c3c(cc(C(C)(C)C)cc3-n3c5c(c6cccc1c63)C(C)(C)c1ccccc1-5)N4c1ccc3c(c1)C(C)(C)CCC3(C)C)c1cc3c4c(c1)-n1c5c(c6cccc(c61)B4c1ccc(C(C)(C)C)cc1N23)C(C)(C)c1ccccc1-5. The molecule has 0 fully saturated rings. The van der Waals surface area contributed by atoms with Gasteiger partial charge in [-0.25, -0.2) is 0 Å². The zero-order valence-electron chi connectivity index (χ0n) is 70.7. The highest BCUT2D eigenvalue weighted by atomic mass is 15.2. The van der Waals surface area contributed by atoms with Gasteiger partial charge >= 0.3 is 0 Å². The first-order chi connectivity index (χ1) is 53.4. The van der Waals surface area contributed by atoms with Crippen LogP contribution in [0.4, 0.5) is 34.1 Å². The molecule has 2 aromatic heterocycles. The van der Waals surface area contributed by atoms with Crippen LogP contribution in [0.15, 0.2) is 200 Å². The van der Waals surface area contributed by atoms with Gasteiger partial charge in [0.1, 0.15) is 0 Å². The Bertz CT molecular complexity index is 6470. The van der Waals surface area contributed by atoms with Crippen LogP contribution in [0.3, 0.4) is 0 Å². The summed E-state index contributed by atoms with van der Waals surface area (Å²) in [5.74, 6) is 0. The van der Waals surface area contributed by atoms with E-state index in [0.29, 0.717) is 0 Å². The van der Waals surface area contributed by atoms with E-state index in [1.54, 1.807) is 0 Å². The lowest BCUT2D eigenvalue weighted by Gasteiger charge is -2.48. The van der Waals surface area contributed by atoms with Crippen LogP contribution >= 0.6 is 0 Å². The fraction of sp³-hybridized carbons (Fsp3) is 0.346. The predicted octanol–water partition coefficient (Wildman–Crippen LogP) is 23.8. The lowest BCUT2D eigenvalue weighted by Crippen LogP contribution is -2.61. The van der Waals surface area contributed by atoms with E-state index in [-0.39, 0.29) is 62.2 Å². The minimum absolute atomic E-state index is 0.00318. The van der Waals surface area contributed by atoms with Crippen LogP contribution in [0, 0.1) is 0 Å². The maximum Gasteiger partial charge on any atom is 0.252 e. The van der Waals surface area contributed by atoms with E-state index in [1.807, 2.05) is 0 Å². The molecule has 6 aliphatic heterocycles. The van der Waals surface area contributed by atoms with Gasteiger partial charge in [0.25, 0.3) is 13.4 Å². The third-order valence-corrected chi connectivity index (χ3v) is 31.0. The second kappa shape index (κ2) is 22.0. The standard InChI is InChI=1S/C107H108B2N4/c1-98(2,3)63-41-45-83-72(52-63)61-36-38-62(39-37-61)107(21,66-56-87-93-89(57-66)113-94-70(90-97(113)69-29-23-25-33-74(69)104(90,16)17)30-26-34-80(94)108(93)79-44-40-64(99(4,5)6)53-84(79)111(83)87)51-50-106(20)49-48-103(14,15)77-60-85-82(59-78(77)106)109-81-35-27-31-71-91-96(68-28-22-24-32-73(68)105(91,18)19)112(95(71)81)88-55-65(100(7,8)9)54-86(92(88)109)110(85)67-42-43-75-76(58-67)102(12,13)47-46-101(75,10)11/h22-45,52-60H,46-51H2,1-21H3. The van der Waals surface area contributed by atoms with E-state index >= 15 is 0 Å². The first kappa shape index (κ1) is 69.9. The van der Waals surface area contributed by atoms with E-state index in [9.17, 15) is 0 Å². The number of rotatable bonds is 4. The van der Waals surface area contributed by atoms with Gasteiger partial charge in [-0.2, -0.15) is 0 Å². The minimum atomic E-state index is -0.457. The second-order valence-corrected chi connectivity index (χ2v) is 42.9. The number of fused-ring (bicyclic) bond motifs is 22. The van der Waals surface area contributed by atoms with Crippen molar-refractivity contribution in [1.82, 2.24) is 9.13 Å². The van der Waals surface area contributed by atoms with Crippen molar-refractivity contribution in [3.63, 3.8) is 0 Å². The molecule has 4 bridgehead atoms. The molecular weight excluding hydrogens is 1360 g/mol. The van der Waals surface area contributed by atoms with Crippen LogP contribution in [0.1, 0.15) is 256 Å². The topological polar surface area (TPSA) is 16.3 Å². The average Bonchev–Trinajstić information content (AvgIpc) is 1.56. The molecule has 113 heavy (non-hydrogen) atoms. The quantitative estimate of drug-likeness (QED) is 0.163. The molecule has 0 amide bonds. The molecule has 10 aliphatic rings. The molecule has 0 radical (unpaired) electrons. The summed E-state index contributed by atoms with van der Waals surface area (Å²) >= 11 is 0. The highest BCUT2D eigenvalue weighted by Crippen LogP contribution is 2.61. The lowest BCUT2D eigenvalue weighted by atomic mass is 9.33. The van der Waals surface area contributed by atoms with Crippen molar-refractivity contribution in [2.45, 2.75) is 238 Å². The Hall–Kier alpha value is -9.77. The Kier molecular flexibility index (Phi) is 13.6. The van der Waals surface area contributed by atoms with E-state index in [4.69, 9.17) is 0 Å². The van der Waals surface area contributed by atoms with E-state index in [1.165, 1.54) is 212 Å². The van der Waals surface area contributed by atoms with Gasteiger partial charge in [-0.05, 0) is 248 Å². The third-order valence-electron chi connectivity index (χ3n) is 31.0. The summed E-state index contributed by atoms with van der Waals surface area (Å²) in [6, 6.07) is 82.7. The van der Waals surface area contributed by atoms with Crippen LogP contribution in [0.5, 0.6) is 0 Å². The Balaban J connectivity index is 0.791. The summed E-state index contributed by atoms with van der Waals surface area (Å²) < 4.78 is 5.58. The van der Waals surface area contributed by atoms with Crippen LogP contribution in [0.2, 0.25) is 0 Å². The smallest absolute Gasteiger partial charge is 0.252 e. The Morgan fingerprint density at radius 3 is 1.42 bits per heavy atom. The summed E-state index contributed by atoms with van der Waals surface area (Å²) in [5, 5.41) is 2.76. The second-order valence-electron chi connectivity index (χ2n) is 42.9. The van der Waals surface area contributed by atoms with Gasteiger partial charge < -0.3 is 18.9 Å². The highest BCUT2D eigenvalue weighted by Gasteiger charge is 2.54. The molecule has 562 valence electrons. The zero-order valence-corrected chi connectivity index (χ0v) is 70.7. The molecular formula is C107H108B2N4. The van der Waals surface area contributed by atoms with Gasteiger partial charge in [-0.1, -0.05) is 285 Å². The van der Waals surface area contributed by atoms with Gasteiger partial charge in [0.15, 0.2) is 0 Å². The Morgan fingerprint density at radius 2 is 0.823 bits per heavy atom. The Labute approximate surface area is 672 Å². The summed E-state index contributed by atoms with van der Waals surface area (Å²) in [7, 11) is 0. The van der Waals surface area contributed by atoms with Crippen LogP contribution in [-0.4, -0.2) is 22.6 Å². The molecule has 0 N–H and O–H groups in total. The highest BCUT2D eigenvalue weighted by molar-refractivity contribution is 7.01. The molecule has 0 saturated carbocycles. The van der Waals surface area contributed by atoms with Gasteiger partial charge in [0, 0.05) is 94.6 Å². The molecule has 2 atom stereocenters. The van der Waals surface area contributed by atoms with Crippen molar-refractivity contribution < 1.29 is 0 Å². The molecule has 4 aliphatic carbocycles. The fourth-order valence-corrected chi connectivity index (χ4v) is 24.1. The molecule has 0 spiro atoms. The van der Waals surface area contributed by atoms with E-state index < -0.39 is 5.41 Å². The molecule has 11 aromatic carbocycles. The monoisotopic (exact) mass is 1470 g/mol. The fourth-order valence-electron chi connectivity index (χ4n) is 24.1. The molecule has 0 saturated heterocycles. The molecule has 6 heteroatoms. The van der Waals surface area contributed by atoms with Gasteiger partial charge in [0.2, 0.25) is 0 Å². The number of hydrogen-bond donors (Lipinski definition) is 0. The number of nitrogens with zero attached hydrogens (tertiary/aromatic N) is 4. The average molecular weight is 1470 g/mol. The van der Waals surface area contributed by atoms with Gasteiger partial charge in [0.05, 0.1) is 17.1 Å². The van der Waals surface area contributed by atoms with Crippen molar-refractivity contribution in [3.8, 4) is 45.0 Å². The molecule has 2 unspecified atom stereocenters. The molecule has 4 nitrogen and oxygen atoms in total. The molecule has 13 aromatic rings. The maximum atomic E-state index is 2.85. The van der Waals surface area contributed by atoms with Crippen LogP contribution in [0.25, 0.3) is 66.8 Å².